The van der Waals surface area contributed by atoms with Crippen LogP contribution < -0.4 is 11.3 Å². The molecule has 0 amide bonds. The van der Waals surface area contributed by atoms with Crippen molar-refractivity contribution in [2.45, 2.75) is 37.9 Å². The topological polar surface area (TPSA) is 38.0 Å². The fourth-order valence-corrected chi connectivity index (χ4v) is 4.17. The maximum Gasteiger partial charge on any atom is 0.416 e. The Balaban J connectivity index is 1.94. The molecule has 0 saturated heterocycles. The molecule has 2 nitrogen and oxygen atoms in total. The van der Waals surface area contributed by atoms with Gasteiger partial charge in [0.25, 0.3) is 0 Å². The van der Waals surface area contributed by atoms with E-state index in [9.17, 15) is 13.2 Å². The zero-order chi connectivity index (χ0) is 14.3. The molecule has 0 radical (unpaired) electrons. The molecule has 2 aliphatic carbocycles. The average molecular weight is 284 g/mol. The highest BCUT2D eigenvalue weighted by molar-refractivity contribution is 5.33. The molecule has 0 heterocycles. The lowest BCUT2D eigenvalue weighted by atomic mass is 9.79. The summed E-state index contributed by atoms with van der Waals surface area (Å²) in [6.45, 7) is 0. The summed E-state index contributed by atoms with van der Waals surface area (Å²) in [7, 11) is 0. The number of alkyl halides is 3. The van der Waals surface area contributed by atoms with Gasteiger partial charge < -0.3 is 0 Å². The van der Waals surface area contributed by atoms with Crippen LogP contribution in [0.4, 0.5) is 13.2 Å². The van der Waals surface area contributed by atoms with Crippen molar-refractivity contribution in [2.24, 2.45) is 23.6 Å². The molecule has 1 aromatic rings. The number of hydrogen-bond acceptors (Lipinski definition) is 2. The number of hydrogen-bond donors (Lipinski definition) is 2. The van der Waals surface area contributed by atoms with E-state index in [0.29, 0.717) is 17.4 Å². The third-order valence-electron chi connectivity index (χ3n) is 5.00. The van der Waals surface area contributed by atoms with Gasteiger partial charge in [-0.25, -0.2) is 0 Å². The fourth-order valence-electron chi connectivity index (χ4n) is 4.17. The highest BCUT2D eigenvalue weighted by atomic mass is 19.4. The van der Waals surface area contributed by atoms with Gasteiger partial charge in [-0.2, -0.15) is 13.2 Å². The molecule has 4 unspecified atom stereocenters. The smallest absolute Gasteiger partial charge is 0.271 e. The van der Waals surface area contributed by atoms with Crippen LogP contribution in [0.5, 0.6) is 0 Å². The van der Waals surface area contributed by atoms with Crippen LogP contribution in [0.25, 0.3) is 0 Å². The molecule has 0 aromatic heterocycles. The van der Waals surface area contributed by atoms with Gasteiger partial charge in [-0.1, -0.05) is 24.6 Å². The third-order valence-corrected chi connectivity index (χ3v) is 5.00. The summed E-state index contributed by atoms with van der Waals surface area (Å²) in [5.41, 5.74) is 2.39. The number of halogens is 3. The number of rotatable bonds is 3. The second-order valence-corrected chi connectivity index (χ2v) is 6.07. The Hall–Kier alpha value is -1.07. The number of benzene rings is 1. The molecule has 2 aliphatic rings. The lowest BCUT2D eigenvalue weighted by Gasteiger charge is -2.31. The van der Waals surface area contributed by atoms with Crippen molar-refractivity contribution in [2.75, 3.05) is 0 Å². The van der Waals surface area contributed by atoms with E-state index in [1.807, 2.05) is 0 Å². The normalized spacial score (nSPS) is 30.7. The summed E-state index contributed by atoms with van der Waals surface area (Å²) in [6, 6.07) is 5.39. The summed E-state index contributed by atoms with van der Waals surface area (Å²) in [5.74, 6) is 7.03. The predicted octanol–water partition coefficient (Wildman–Crippen LogP) is 3.65. The standard InChI is InChI=1S/C15H19F3N2/c16-15(17,18)13-4-2-1-3-11(13)14(20-19)12-8-9-5-6-10(12)7-9/h1-4,9-10,12,14,20H,5-8,19H2. The molecule has 2 saturated carbocycles. The third kappa shape index (κ3) is 2.33. The van der Waals surface area contributed by atoms with Crippen molar-refractivity contribution in [3.8, 4) is 0 Å². The van der Waals surface area contributed by atoms with Crippen LogP contribution in [-0.2, 0) is 6.18 Å². The molecule has 1 aromatic carbocycles. The van der Waals surface area contributed by atoms with E-state index in [0.717, 1.165) is 25.3 Å². The maximum absolute atomic E-state index is 13.2. The molecular weight excluding hydrogens is 265 g/mol. The Morgan fingerprint density at radius 3 is 2.45 bits per heavy atom. The fraction of sp³-hybridized carbons (Fsp3) is 0.600. The molecule has 0 spiro atoms. The van der Waals surface area contributed by atoms with E-state index < -0.39 is 17.8 Å². The van der Waals surface area contributed by atoms with Gasteiger partial charge in [-0.3, -0.25) is 11.3 Å². The van der Waals surface area contributed by atoms with Crippen LogP contribution >= 0.6 is 0 Å². The molecule has 5 heteroatoms. The van der Waals surface area contributed by atoms with Crippen molar-refractivity contribution in [3.05, 3.63) is 35.4 Å². The van der Waals surface area contributed by atoms with Gasteiger partial charge in [0.05, 0.1) is 5.56 Å². The van der Waals surface area contributed by atoms with Crippen LogP contribution in [0.3, 0.4) is 0 Å². The van der Waals surface area contributed by atoms with Crippen molar-refractivity contribution < 1.29 is 13.2 Å². The van der Waals surface area contributed by atoms with Gasteiger partial charge in [-0.15, -0.1) is 0 Å². The minimum Gasteiger partial charge on any atom is -0.271 e. The Morgan fingerprint density at radius 1 is 1.15 bits per heavy atom. The van der Waals surface area contributed by atoms with E-state index >= 15 is 0 Å². The van der Waals surface area contributed by atoms with Crippen LogP contribution in [0.1, 0.15) is 42.9 Å². The van der Waals surface area contributed by atoms with Gasteiger partial charge in [-0.05, 0) is 48.6 Å². The first-order valence-corrected chi connectivity index (χ1v) is 7.13. The van der Waals surface area contributed by atoms with Crippen molar-refractivity contribution in [1.29, 1.82) is 0 Å². The molecule has 0 aliphatic heterocycles. The Bertz CT molecular complexity index is 486. The molecule has 110 valence electrons. The molecule has 4 atom stereocenters. The minimum absolute atomic E-state index is 0.224. The molecule has 20 heavy (non-hydrogen) atoms. The zero-order valence-electron chi connectivity index (χ0n) is 11.2. The second-order valence-electron chi connectivity index (χ2n) is 6.07. The number of nitrogens with one attached hydrogen (secondary N) is 1. The zero-order valence-corrected chi connectivity index (χ0v) is 11.2. The van der Waals surface area contributed by atoms with E-state index in [2.05, 4.69) is 5.43 Å². The maximum atomic E-state index is 13.2. The molecule has 3 N–H and O–H groups in total. The second kappa shape index (κ2) is 5.04. The van der Waals surface area contributed by atoms with Gasteiger partial charge in [0, 0.05) is 6.04 Å². The van der Waals surface area contributed by atoms with Crippen LogP contribution in [0, 0.1) is 17.8 Å². The summed E-state index contributed by atoms with van der Waals surface area (Å²) in [4.78, 5) is 0. The van der Waals surface area contributed by atoms with E-state index in [1.54, 1.807) is 12.1 Å². The van der Waals surface area contributed by atoms with Crippen LogP contribution in [0.2, 0.25) is 0 Å². The lowest BCUT2D eigenvalue weighted by Crippen LogP contribution is -2.37. The van der Waals surface area contributed by atoms with Crippen molar-refractivity contribution >= 4 is 0 Å². The van der Waals surface area contributed by atoms with Gasteiger partial charge in [0.1, 0.15) is 0 Å². The Labute approximate surface area is 116 Å². The molecule has 2 bridgehead atoms. The first-order valence-electron chi connectivity index (χ1n) is 7.13. The first kappa shape index (κ1) is 13.9. The van der Waals surface area contributed by atoms with Gasteiger partial charge in [0.15, 0.2) is 0 Å². The molecular formula is C15H19F3N2. The summed E-state index contributed by atoms with van der Waals surface area (Å²) >= 11 is 0. The highest BCUT2D eigenvalue weighted by Gasteiger charge is 2.45. The van der Waals surface area contributed by atoms with Crippen molar-refractivity contribution in [1.82, 2.24) is 5.43 Å². The minimum atomic E-state index is -4.33. The van der Waals surface area contributed by atoms with Crippen molar-refractivity contribution in [3.63, 3.8) is 0 Å². The van der Waals surface area contributed by atoms with E-state index in [-0.39, 0.29) is 5.92 Å². The Kier molecular flexibility index (Phi) is 3.50. The summed E-state index contributed by atoms with van der Waals surface area (Å²) < 4.78 is 39.5. The molecule has 3 rings (SSSR count). The number of fused-ring (bicyclic) bond motifs is 2. The Morgan fingerprint density at radius 2 is 1.90 bits per heavy atom. The first-order chi connectivity index (χ1) is 9.50. The number of nitrogens with two attached hydrogens (primary N) is 1. The van der Waals surface area contributed by atoms with E-state index in [1.165, 1.54) is 12.5 Å². The number of hydrazine groups is 1. The quantitative estimate of drug-likeness (QED) is 0.657. The molecule has 2 fully saturated rings. The summed E-state index contributed by atoms with van der Waals surface area (Å²) in [5, 5.41) is 0. The highest BCUT2D eigenvalue weighted by Crippen LogP contribution is 2.53. The monoisotopic (exact) mass is 284 g/mol. The lowest BCUT2D eigenvalue weighted by molar-refractivity contribution is -0.138. The van der Waals surface area contributed by atoms with E-state index in [4.69, 9.17) is 5.84 Å². The SMILES string of the molecule is NNC(c1ccccc1C(F)(F)F)C1CC2CCC1C2. The average Bonchev–Trinajstić information content (AvgIpc) is 3.02. The largest absolute Gasteiger partial charge is 0.416 e. The van der Waals surface area contributed by atoms with Crippen LogP contribution in [-0.4, -0.2) is 0 Å². The summed E-state index contributed by atoms with van der Waals surface area (Å²) in [6.07, 6.45) is 0.160. The van der Waals surface area contributed by atoms with Gasteiger partial charge >= 0.3 is 6.18 Å². The predicted molar refractivity (Wildman–Crippen MR) is 70.4 cm³/mol. The van der Waals surface area contributed by atoms with Gasteiger partial charge in [0.2, 0.25) is 0 Å². The van der Waals surface area contributed by atoms with Crippen LogP contribution in [0.15, 0.2) is 24.3 Å².